The minimum absolute atomic E-state index is 0.185. The molecule has 2 rings (SSSR count). The molecule has 0 radical (unpaired) electrons. The molecule has 1 aromatic rings. The fourth-order valence-corrected chi connectivity index (χ4v) is 1.63. The molecule has 1 aliphatic rings. The molecule has 1 aliphatic carbocycles. The first-order chi connectivity index (χ1) is 9.65. The van der Waals surface area contributed by atoms with Crippen LogP contribution in [0.3, 0.4) is 0 Å². The first-order valence-electron chi connectivity index (χ1n) is 6.37. The highest BCUT2D eigenvalue weighted by Gasteiger charge is 2.35. The van der Waals surface area contributed by atoms with E-state index in [0.717, 1.165) is 18.4 Å². The van der Waals surface area contributed by atoms with Gasteiger partial charge in [0.1, 0.15) is 6.61 Å². The van der Waals surface area contributed by atoms with E-state index in [0.29, 0.717) is 0 Å². The Labute approximate surface area is 116 Å². The summed E-state index contributed by atoms with van der Waals surface area (Å²) >= 11 is 0. The molecular formula is C13H18N4O3. The number of amides is 1. The Morgan fingerprint density at radius 2 is 2.05 bits per heavy atom. The van der Waals surface area contributed by atoms with Crippen molar-refractivity contribution >= 4 is 12.1 Å². The molecule has 1 saturated carbocycles. The third-order valence-corrected chi connectivity index (χ3v) is 2.79. The zero-order valence-electron chi connectivity index (χ0n) is 11.0. The topological polar surface area (TPSA) is 112 Å². The van der Waals surface area contributed by atoms with Crippen LogP contribution in [0.4, 0.5) is 4.79 Å². The molecule has 20 heavy (non-hydrogen) atoms. The molecule has 0 spiro atoms. The molecule has 0 saturated heterocycles. The van der Waals surface area contributed by atoms with E-state index in [-0.39, 0.29) is 18.5 Å². The second-order valence-electron chi connectivity index (χ2n) is 4.59. The van der Waals surface area contributed by atoms with Gasteiger partial charge in [-0.1, -0.05) is 30.3 Å². The number of nitrogens with two attached hydrogens (primary N) is 2. The predicted octanol–water partition coefficient (Wildman–Crippen LogP) is 0.854. The van der Waals surface area contributed by atoms with Crippen LogP contribution in [-0.4, -0.2) is 18.3 Å². The van der Waals surface area contributed by atoms with Gasteiger partial charge in [-0.05, 0) is 23.6 Å². The summed E-state index contributed by atoms with van der Waals surface area (Å²) in [5.74, 6) is 0.0393. The summed E-state index contributed by atoms with van der Waals surface area (Å²) < 4.78 is 5.10. The summed E-state index contributed by atoms with van der Waals surface area (Å²) in [4.78, 5) is 16.8. The molecule has 1 atom stereocenters. The van der Waals surface area contributed by atoms with Gasteiger partial charge in [0.25, 0.3) is 0 Å². The van der Waals surface area contributed by atoms with Crippen LogP contribution in [0, 0.1) is 5.92 Å². The smallest absolute Gasteiger partial charge is 0.410 e. The number of nitrogens with one attached hydrogen (secondary N) is 1. The van der Waals surface area contributed by atoms with Crippen LogP contribution in [0.25, 0.3) is 0 Å². The normalized spacial score (nSPS) is 15.0. The zero-order chi connectivity index (χ0) is 14.4. The van der Waals surface area contributed by atoms with E-state index in [2.05, 4.69) is 10.5 Å². The van der Waals surface area contributed by atoms with Crippen LogP contribution in [0.2, 0.25) is 0 Å². The van der Waals surface area contributed by atoms with Crippen molar-refractivity contribution in [2.45, 2.75) is 25.7 Å². The average Bonchev–Trinajstić information content (AvgIpc) is 3.26. The maximum Gasteiger partial charge on any atom is 0.410 e. The quantitative estimate of drug-likeness (QED) is 0.309. The molecule has 0 aromatic heterocycles. The second-order valence-corrected chi connectivity index (χ2v) is 4.59. The van der Waals surface area contributed by atoms with Crippen molar-refractivity contribution in [2.75, 3.05) is 0 Å². The number of alkyl carbamates (subject to hydrolysis) is 1. The van der Waals surface area contributed by atoms with Crippen molar-refractivity contribution in [1.29, 1.82) is 0 Å². The maximum absolute atomic E-state index is 11.7. The van der Waals surface area contributed by atoms with E-state index in [4.69, 9.17) is 21.0 Å². The monoisotopic (exact) mass is 278 g/mol. The average molecular weight is 278 g/mol. The van der Waals surface area contributed by atoms with E-state index in [1.807, 2.05) is 30.3 Å². The van der Waals surface area contributed by atoms with Crippen LogP contribution in [0.15, 0.2) is 35.5 Å². The Hall–Kier alpha value is -2.44. The lowest BCUT2D eigenvalue weighted by molar-refractivity contribution is 0.0146. The SMILES string of the molecule is NC(N)=NOC(NC(=O)OCc1ccccc1)C1CC1. The Bertz CT molecular complexity index is 470. The number of rotatable bonds is 6. The number of guanidine groups is 1. The largest absolute Gasteiger partial charge is 0.445 e. The van der Waals surface area contributed by atoms with Gasteiger partial charge in [0.05, 0.1) is 0 Å². The van der Waals surface area contributed by atoms with Crippen LogP contribution < -0.4 is 16.8 Å². The summed E-state index contributed by atoms with van der Waals surface area (Å²) in [6.07, 6.45) is 0.810. The summed E-state index contributed by atoms with van der Waals surface area (Å²) in [5, 5.41) is 6.06. The van der Waals surface area contributed by atoms with Crippen LogP contribution in [0.5, 0.6) is 0 Å². The highest BCUT2D eigenvalue weighted by molar-refractivity contribution is 5.75. The van der Waals surface area contributed by atoms with Gasteiger partial charge in [0, 0.05) is 5.92 Å². The minimum Gasteiger partial charge on any atom is -0.445 e. The number of carbonyl (C=O) groups is 1. The number of hydrogen-bond donors (Lipinski definition) is 3. The molecule has 7 heteroatoms. The molecule has 1 fully saturated rings. The van der Waals surface area contributed by atoms with Gasteiger partial charge in [-0.2, -0.15) is 0 Å². The predicted molar refractivity (Wildman–Crippen MR) is 73.2 cm³/mol. The zero-order valence-corrected chi connectivity index (χ0v) is 11.0. The lowest BCUT2D eigenvalue weighted by Gasteiger charge is -2.16. The van der Waals surface area contributed by atoms with Gasteiger partial charge in [0.2, 0.25) is 12.2 Å². The van der Waals surface area contributed by atoms with Gasteiger partial charge in [-0.3, -0.25) is 5.32 Å². The fraction of sp³-hybridized carbons (Fsp3) is 0.385. The Kier molecular flexibility index (Phi) is 4.65. The van der Waals surface area contributed by atoms with E-state index < -0.39 is 12.3 Å². The van der Waals surface area contributed by atoms with Crippen LogP contribution in [0.1, 0.15) is 18.4 Å². The first-order valence-corrected chi connectivity index (χ1v) is 6.37. The molecule has 1 aromatic carbocycles. The van der Waals surface area contributed by atoms with Crippen molar-refractivity contribution in [2.24, 2.45) is 22.5 Å². The molecule has 0 heterocycles. The standard InChI is InChI=1S/C13H18N4O3/c14-12(15)17-20-11(10-6-7-10)16-13(18)19-8-9-4-2-1-3-5-9/h1-5,10-11H,6-8H2,(H,16,18)(H4,14,15,17). The minimum atomic E-state index is -0.559. The number of hydrogen-bond acceptors (Lipinski definition) is 4. The summed E-state index contributed by atoms with van der Waals surface area (Å²) in [5.41, 5.74) is 11.3. The summed E-state index contributed by atoms with van der Waals surface area (Å²) in [6.45, 7) is 0.201. The molecule has 0 aliphatic heterocycles. The van der Waals surface area contributed by atoms with Crippen molar-refractivity contribution < 1.29 is 14.4 Å². The lowest BCUT2D eigenvalue weighted by atomic mass is 10.2. The van der Waals surface area contributed by atoms with Gasteiger partial charge < -0.3 is 21.0 Å². The molecule has 108 valence electrons. The Balaban J connectivity index is 1.78. The van der Waals surface area contributed by atoms with E-state index >= 15 is 0 Å². The van der Waals surface area contributed by atoms with Crippen molar-refractivity contribution in [1.82, 2.24) is 5.32 Å². The fourth-order valence-electron chi connectivity index (χ4n) is 1.63. The van der Waals surface area contributed by atoms with E-state index in [1.54, 1.807) is 0 Å². The third kappa shape index (κ3) is 4.68. The molecule has 5 N–H and O–H groups in total. The van der Waals surface area contributed by atoms with Crippen LogP contribution >= 0.6 is 0 Å². The molecule has 0 bridgehead atoms. The summed E-state index contributed by atoms with van der Waals surface area (Å²) in [7, 11) is 0. The molecular weight excluding hydrogens is 260 g/mol. The summed E-state index contributed by atoms with van der Waals surface area (Å²) in [6, 6.07) is 9.41. The maximum atomic E-state index is 11.7. The molecule has 7 nitrogen and oxygen atoms in total. The Morgan fingerprint density at radius 3 is 2.65 bits per heavy atom. The number of benzene rings is 1. The van der Waals surface area contributed by atoms with Gasteiger partial charge in [-0.25, -0.2) is 4.79 Å². The highest BCUT2D eigenvalue weighted by atomic mass is 16.7. The number of carbonyl (C=O) groups excluding carboxylic acids is 1. The van der Waals surface area contributed by atoms with Gasteiger partial charge >= 0.3 is 6.09 Å². The molecule has 1 unspecified atom stereocenters. The number of nitrogens with zero attached hydrogens (tertiary/aromatic N) is 1. The number of oxime groups is 1. The first kappa shape index (κ1) is 14.0. The molecule has 1 amide bonds. The van der Waals surface area contributed by atoms with E-state index in [9.17, 15) is 4.79 Å². The van der Waals surface area contributed by atoms with E-state index in [1.165, 1.54) is 0 Å². The highest BCUT2D eigenvalue weighted by Crippen LogP contribution is 2.33. The van der Waals surface area contributed by atoms with Crippen molar-refractivity contribution in [3.05, 3.63) is 35.9 Å². The lowest BCUT2D eigenvalue weighted by Crippen LogP contribution is -2.38. The number of ether oxygens (including phenoxy) is 1. The van der Waals surface area contributed by atoms with Crippen molar-refractivity contribution in [3.63, 3.8) is 0 Å². The van der Waals surface area contributed by atoms with Crippen molar-refractivity contribution in [3.8, 4) is 0 Å². The third-order valence-electron chi connectivity index (χ3n) is 2.79. The van der Waals surface area contributed by atoms with Crippen LogP contribution in [-0.2, 0) is 16.2 Å². The Morgan fingerprint density at radius 1 is 1.35 bits per heavy atom. The second kappa shape index (κ2) is 6.65. The van der Waals surface area contributed by atoms with Gasteiger partial charge in [-0.15, -0.1) is 0 Å². The van der Waals surface area contributed by atoms with Gasteiger partial charge in [0.15, 0.2) is 0 Å².